The van der Waals surface area contributed by atoms with E-state index in [-0.39, 0.29) is 11.7 Å². The van der Waals surface area contributed by atoms with Crippen LogP contribution in [0.1, 0.15) is 17.3 Å². The Bertz CT molecular complexity index is 579. The largest absolute Gasteiger partial charge is 0.349 e. The predicted octanol–water partition coefficient (Wildman–Crippen LogP) is 1.00. The van der Waals surface area contributed by atoms with E-state index in [2.05, 4.69) is 15.4 Å². The van der Waals surface area contributed by atoms with Gasteiger partial charge in [0.25, 0.3) is 5.96 Å². The highest BCUT2D eigenvalue weighted by atomic mass is 16.7. The van der Waals surface area contributed by atoms with E-state index in [1.165, 1.54) is 13.3 Å². The van der Waals surface area contributed by atoms with Crippen LogP contribution in [0.15, 0.2) is 34.4 Å². The highest BCUT2D eigenvalue weighted by Gasteiger charge is 2.19. The molecule has 2 rings (SSSR count). The minimum atomic E-state index is -0.754. The summed E-state index contributed by atoms with van der Waals surface area (Å²) in [5.41, 5.74) is 1.27. The molecule has 1 aromatic carbocycles. The van der Waals surface area contributed by atoms with Crippen molar-refractivity contribution in [1.29, 1.82) is 0 Å². The number of Topliss-reactive ketones (excluding diaryl/α,β-unsaturated/α-hetero) is 1. The molecule has 1 N–H and O–H groups in total. The van der Waals surface area contributed by atoms with E-state index in [4.69, 9.17) is 0 Å². The Kier molecular flexibility index (Phi) is 4.04. The molecule has 104 valence electrons. The first-order chi connectivity index (χ1) is 9.56. The number of hydrazone groups is 1. The zero-order valence-electron chi connectivity index (χ0n) is 10.8. The molecule has 0 radical (unpaired) electrons. The van der Waals surface area contributed by atoms with Crippen molar-refractivity contribution >= 4 is 23.8 Å². The van der Waals surface area contributed by atoms with E-state index < -0.39 is 5.03 Å². The number of nitrogens with one attached hydrogen (secondary N) is 1. The van der Waals surface area contributed by atoms with Gasteiger partial charge in [0.05, 0.1) is 12.0 Å². The van der Waals surface area contributed by atoms with Crippen molar-refractivity contribution in [3.05, 3.63) is 39.9 Å². The summed E-state index contributed by atoms with van der Waals surface area (Å²) in [5, 5.41) is 15.6. The lowest BCUT2D eigenvalue weighted by Gasteiger charge is -2.07. The van der Waals surface area contributed by atoms with Crippen LogP contribution >= 0.6 is 0 Å². The highest BCUT2D eigenvalue weighted by Crippen LogP contribution is 2.13. The number of carbonyl (C=O) groups is 1. The minimum absolute atomic E-state index is 0.00956. The summed E-state index contributed by atoms with van der Waals surface area (Å²) < 4.78 is 0. The number of rotatable bonds is 4. The van der Waals surface area contributed by atoms with Gasteiger partial charge in [0, 0.05) is 18.7 Å². The Morgan fingerprint density at radius 3 is 2.75 bits per heavy atom. The summed E-state index contributed by atoms with van der Waals surface area (Å²) in [4.78, 5) is 27.2. The van der Waals surface area contributed by atoms with Gasteiger partial charge in [0.2, 0.25) is 0 Å². The van der Waals surface area contributed by atoms with Crippen molar-refractivity contribution in [3.63, 3.8) is 0 Å². The molecular weight excluding hydrogens is 262 g/mol. The van der Waals surface area contributed by atoms with Gasteiger partial charge < -0.3 is 5.32 Å². The van der Waals surface area contributed by atoms with Gasteiger partial charge >= 0.3 is 0 Å². The molecule has 1 heterocycles. The monoisotopic (exact) mass is 275 g/mol. The topological polar surface area (TPSA) is 100 Å². The molecule has 0 aliphatic carbocycles. The molecular formula is C12H13N5O3. The van der Waals surface area contributed by atoms with Crippen molar-refractivity contribution in [2.24, 2.45) is 10.1 Å². The van der Waals surface area contributed by atoms with Gasteiger partial charge in [-0.1, -0.05) is 0 Å². The van der Waals surface area contributed by atoms with E-state index in [9.17, 15) is 14.9 Å². The third-order valence-corrected chi connectivity index (χ3v) is 2.70. The number of nitrogens with zero attached hydrogens (tertiary/aromatic N) is 4. The standard InChI is InChI=1S/C12H13N5O3/c1-9(18)10-2-4-11(5-3-10)14-8-16-7-6-13-12(16)15-17(19)20/h2-5,8H,6-7H2,1H3,(H,13,15)/b14-8+. The third-order valence-electron chi connectivity index (χ3n) is 2.70. The molecule has 1 saturated heterocycles. The number of nitro groups is 1. The molecule has 8 heteroatoms. The van der Waals surface area contributed by atoms with Crippen LogP contribution in [0.2, 0.25) is 0 Å². The molecule has 1 aliphatic rings. The van der Waals surface area contributed by atoms with E-state index in [1.807, 2.05) is 0 Å². The number of benzene rings is 1. The molecule has 0 aromatic heterocycles. The highest BCUT2D eigenvalue weighted by molar-refractivity contribution is 5.94. The van der Waals surface area contributed by atoms with E-state index in [1.54, 1.807) is 29.2 Å². The number of ketones is 1. The zero-order chi connectivity index (χ0) is 14.5. The summed E-state index contributed by atoms with van der Waals surface area (Å²) in [5.74, 6) is 0.156. The van der Waals surface area contributed by atoms with Crippen molar-refractivity contribution < 1.29 is 9.83 Å². The molecule has 0 atom stereocenters. The van der Waals surface area contributed by atoms with Crippen LogP contribution < -0.4 is 5.32 Å². The van der Waals surface area contributed by atoms with Crippen molar-refractivity contribution in [2.75, 3.05) is 13.1 Å². The van der Waals surface area contributed by atoms with Crippen LogP contribution in [-0.4, -0.2) is 41.1 Å². The van der Waals surface area contributed by atoms with E-state index in [0.717, 1.165) is 0 Å². The summed E-state index contributed by atoms with van der Waals surface area (Å²) in [6, 6.07) is 6.79. The molecule has 1 fully saturated rings. The van der Waals surface area contributed by atoms with Crippen molar-refractivity contribution in [1.82, 2.24) is 10.2 Å². The zero-order valence-corrected chi connectivity index (χ0v) is 10.8. The Morgan fingerprint density at radius 2 is 2.15 bits per heavy atom. The van der Waals surface area contributed by atoms with Crippen LogP contribution in [-0.2, 0) is 0 Å². The molecule has 0 bridgehead atoms. The van der Waals surface area contributed by atoms with Crippen LogP contribution in [0.5, 0.6) is 0 Å². The Balaban J connectivity index is 2.09. The lowest BCUT2D eigenvalue weighted by Crippen LogP contribution is -2.29. The fraction of sp³-hybridized carbons (Fsp3) is 0.250. The molecule has 0 amide bonds. The average Bonchev–Trinajstić information content (AvgIpc) is 2.83. The molecule has 1 aromatic rings. The molecule has 0 saturated carbocycles. The predicted molar refractivity (Wildman–Crippen MR) is 73.7 cm³/mol. The van der Waals surface area contributed by atoms with Crippen molar-refractivity contribution in [2.45, 2.75) is 6.92 Å². The van der Waals surface area contributed by atoms with Gasteiger partial charge in [-0.2, -0.15) is 0 Å². The first-order valence-corrected chi connectivity index (χ1v) is 5.95. The molecule has 20 heavy (non-hydrogen) atoms. The number of guanidine groups is 1. The maximum absolute atomic E-state index is 11.1. The van der Waals surface area contributed by atoms with Gasteiger partial charge in [-0.15, -0.1) is 0 Å². The van der Waals surface area contributed by atoms with E-state index >= 15 is 0 Å². The SMILES string of the molecule is CC(=O)c1ccc(/N=C/N2CCN/C2=N\[N+](=O)[O-])cc1. The summed E-state index contributed by atoms with van der Waals surface area (Å²) >= 11 is 0. The van der Waals surface area contributed by atoms with E-state index in [0.29, 0.717) is 24.3 Å². The maximum Gasteiger partial charge on any atom is 0.276 e. The fourth-order valence-corrected chi connectivity index (χ4v) is 1.70. The van der Waals surface area contributed by atoms with Gasteiger partial charge in [-0.3, -0.25) is 9.69 Å². The normalized spacial score (nSPS) is 16.6. The lowest BCUT2D eigenvalue weighted by molar-refractivity contribution is -0.485. The molecule has 1 aliphatic heterocycles. The average molecular weight is 275 g/mol. The fourth-order valence-electron chi connectivity index (χ4n) is 1.70. The van der Waals surface area contributed by atoms with Gasteiger partial charge in [-0.05, 0) is 31.2 Å². The number of hydrogen-bond acceptors (Lipinski definition) is 4. The van der Waals surface area contributed by atoms with Crippen LogP contribution in [0, 0.1) is 10.1 Å². The molecule has 8 nitrogen and oxygen atoms in total. The Morgan fingerprint density at radius 1 is 1.45 bits per heavy atom. The Labute approximate surface area is 115 Å². The van der Waals surface area contributed by atoms with Crippen LogP contribution in [0.3, 0.4) is 0 Å². The van der Waals surface area contributed by atoms with Crippen LogP contribution in [0.4, 0.5) is 5.69 Å². The van der Waals surface area contributed by atoms with Crippen molar-refractivity contribution in [3.8, 4) is 0 Å². The first kappa shape index (κ1) is 13.7. The number of hydrogen-bond donors (Lipinski definition) is 1. The third kappa shape index (κ3) is 3.37. The first-order valence-electron chi connectivity index (χ1n) is 5.95. The number of carbonyl (C=O) groups excluding carboxylic acids is 1. The quantitative estimate of drug-likeness (QED) is 0.290. The summed E-state index contributed by atoms with van der Waals surface area (Å²) in [7, 11) is 0. The second-order valence-electron chi connectivity index (χ2n) is 4.13. The lowest BCUT2D eigenvalue weighted by atomic mass is 10.1. The number of aliphatic imine (C=N–C) groups is 1. The maximum atomic E-state index is 11.1. The van der Waals surface area contributed by atoms with Crippen LogP contribution in [0.25, 0.3) is 0 Å². The molecule has 0 spiro atoms. The Hall–Kier alpha value is -2.77. The second kappa shape index (κ2) is 5.91. The van der Waals surface area contributed by atoms with Gasteiger partial charge in [0.15, 0.2) is 10.8 Å². The van der Waals surface area contributed by atoms with Gasteiger partial charge in [-0.25, -0.2) is 15.1 Å². The summed E-state index contributed by atoms with van der Waals surface area (Å²) in [6.45, 7) is 2.62. The summed E-state index contributed by atoms with van der Waals surface area (Å²) in [6.07, 6.45) is 1.48. The molecule has 0 unspecified atom stereocenters. The minimum Gasteiger partial charge on any atom is -0.349 e. The second-order valence-corrected chi connectivity index (χ2v) is 4.13. The smallest absolute Gasteiger partial charge is 0.276 e. The van der Waals surface area contributed by atoms with Gasteiger partial charge in [0.1, 0.15) is 5.10 Å².